The Hall–Kier alpha value is -1.25. The highest BCUT2D eigenvalue weighted by atomic mass is 32.2. The smallest absolute Gasteiger partial charge is 0.243 e. The average molecular weight is 280 g/mol. The Morgan fingerprint density at radius 2 is 2.06 bits per heavy atom. The number of methoxy groups -OCH3 is 1. The van der Waals surface area contributed by atoms with Crippen molar-refractivity contribution in [3.63, 3.8) is 0 Å². The minimum absolute atomic E-state index is 0.0322. The average Bonchev–Trinajstić information content (AvgIpc) is 2.32. The second-order valence-electron chi connectivity index (χ2n) is 3.67. The van der Waals surface area contributed by atoms with E-state index in [1.165, 1.54) is 7.11 Å². The van der Waals surface area contributed by atoms with Crippen molar-refractivity contribution >= 4 is 15.7 Å². The molecule has 8 heteroatoms. The summed E-state index contributed by atoms with van der Waals surface area (Å²) >= 11 is 0. The maximum Gasteiger partial charge on any atom is 0.243 e. The Morgan fingerprint density at radius 3 is 2.61 bits per heavy atom. The predicted octanol–water partition coefficient (Wildman–Crippen LogP) is 0.860. The van der Waals surface area contributed by atoms with Crippen LogP contribution in [0.3, 0.4) is 0 Å². The maximum atomic E-state index is 13.5. The zero-order valence-corrected chi connectivity index (χ0v) is 10.7. The van der Waals surface area contributed by atoms with Crippen LogP contribution in [0.4, 0.5) is 14.5 Å². The van der Waals surface area contributed by atoms with Crippen molar-refractivity contribution in [3.05, 3.63) is 23.8 Å². The summed E-state index contributed by atoms with van der Waals surface area (Å²) < 4.78 is 57.0. The number of hydrogen-bond donors (Lipinski definition) is 2. The van der Waals surface area contributed by atoms with E-state index in [4.69, 9.17) is 10.5 Å². The Morgan fingerprint density at radius 1 is 1.44 bits per heavy atom. The highest BCUT2D eigenvalue weighted by molar-refractivity contribution is 7.89. The molecule has 3 N–H and O–H groups in total. The lowest BCUT2D eigenvalue weighted by atomic mass is 10.3. The van der Waals surface area contributed by atoms with Gasteiger partial charge in [0.1, 0.15) is 16.4 Å². The number of rotatable bonds is 5. The standard InChI is InChI=1S/C10H14F2N2O3S/c1-6(17-2)5-14-18(15,16)8-4-3-7(11)10(13)9(8)12/h3-4,6,14H,5,13H2,1-2H3. The van der Waals surface area contributed by atoms with Gasteiger partial charge in [0.25, 0.3) is 0 Å². The minimum Gasteiger partial charge on any atom is -0.394 e. The van der Waals surface area contributed by atoms with Crippen LogP contribution in [0, 0.1) is 11.6 Å². The van der Waals surface area contributed by atoms with Gasteiger partial charge in [0, 0.05) is 13.7 Å². The molecule has 1 aromatic carbocycles. The SMILES string of the molecule is COC(C)CNS(=O)(=O)c1ccc(F)c(N)c1F. The molecular formula is C10H14F2N2O3S. The van der Waals surface area contributed by atoms with E-state index in [1.807, 2.05) is 0 Å². The fourth-order valence-corrected chi connectivity index (χ4v) is 2.35. The van der Waals surface area contributed by atoms with Crippen LogP contribution in [0.5, 0.6) is 0 Å². The van der Waals surface area contributed by atoms with Gasteiger partial charge in [0.2, 0.25) is 10.0 Å². The Balaban J connectivity index is 3.03. The van der Waals surface area contributed by atoms with Crippen molar-refractivity contribution in [1.82, 2.24) is 4.72 Å². The summed E-state index contributed by atoms with van der Waals surface area (Å²) in [6.45, 7) is 1.60. The highest BCUT2D eigenvalue weighted by Crippen LogP contribution is 2.22. The van der Waals surface area contributed by atoms with Gasteiger partial charge in [-0.15, -0.1) is 0 Å². The Labute approximate surface area is 104 Å². The summed E-state index contributed by atoms with van der Waals surface area (Å²) in [4.78, 5) is -0.690. The quantitative estimate of drug-likeness (QED) is 0.784. The molecule has 0 aliphatic carbocycles. The van der Waals surface area contributed by atoms with Crippen LogP contribution in [0.2, 0.25) is 0 Å². The largest absolute Gasteiger partial charge is 0.394 e. The number of nitrogen functional groups attached to an aromatic ring is 1. The van der Waals surface area contributed by atoms with Gasteiger partial charge in [0.15, 0.2) is 5.82 Å². The minimum atomic E-state index is -4.09. The third-order valence-electron chi connectivity index (χ3n) is 2.34. The van der Waals surface area contributed by atoms with Crippen molar-refractivity contribution in [2.24, 2.45) is 0 Å². The molecule has 18 heavy (non-hydrogen) atoms. The molecule has 0 radical (unpaired) electrons. The molecule has 102 valence electrons. The third-order valence-corrected chi connectivity index (χ3v) is 3.78. The van der Waals surface area contributed by atoms with E-state index in [1.54, 1.807) is 6.92 Å². The van der Waals surface area contributed by atoms with Gasteiger partial charge < -0.3 is 10.5 Å². The number of hydrogen-bond acceptors (Lipinski definition) is 4. The summed E-state index contributed by atoms with van der Waals surface area (Å²) in [5.41, 5.74) is 4.27. The fraction of sp³-hybridized carbons (Fsp3) is 0.400. The van der Waals surface area contributed by atoms with Crippen LogP contribution in [-0.4, -0.2) is 28.2 Å². The molecule has 1 atom stereocenters. The number of nitrogens with two attached hydrogens (primary N) is 1. The first-order valence-electron chi connectivity index (χ1n) is 5.05. The van der Waals surface area contributed by atoms with Crippen LogP contribution < -0.4 is 10.5 Å². The molecule has 0 amide bonds. The summed E-state index contributed by atoms with van der Waals surface area (Å²) in [5, 5.41) is 0. The van der Waals surface area contributed by atoms with E-state index >= 15 is 0 Å². The van der Waals surface area contributed by atoms with Crippen molar-refractivity contribution in [1.29, 1.82) is 0 Å². The molecule has 1 rings (SSSR count). The lowest BCUT2D eigenvalue weighted by Gasteiger charge is -2.12. The first-order valence-corrected chi connectivity index (χ1v) is 6.54. The van der Waals surface area contributed by atoms with Crippen molar-refractivity contribution in [3.8, 4) is 0 Å². The van der Waals surface area contributed by atoms with Crippen molar-refractivity contribution in [2.75, 3.05) is 19.4 Å². The van der Waals surface area contributed by atoms with Crippen LogP contribution >= 0.6 is 0 Å². The molecule has 5 nitrogen and oxygen atoms in total. The second kappa shape index (κ2) is 5.59. The molecule has 0 spiro atoms. The number of nitrogens with one attached hydrogen (secondary N) is 1. The van der Waals surface area contributed by atoms with E-state index in [0.717, 1.165) is 12.1 Å². The molecule has 0 aliphatic heterocycles. The number of sulfonamides is 1. The Kier molecular flexibility index (Phi) is 4.60. The predicted molar refractivity (Wildman–Crippen MR) is 62.4 cm³/mol. The van der Waals surface area contributed by atoms with E-state index in [2.05, 4.69) is 4.72 Å². The lowest BCUT2D eigenvalue weighted by molar-refractivity contribution is 0.122. The number of ether oxygens (including phenoxy) is 1. The fourth-order valence-electron chi connectivity index (χ4n) is 1.15. The van der Waals surface area contributed by atoms with Crippen LogP contribution in [0.25, 0.3) is 0 Å². The molecule has 1 aromatic rings. The third kappa shape index (κ3) is 3.15. The number of benzene rings is 1. The van der Waals surface area contributed by atoms with Crippen LogP contribution in [0.1, 0.15) is 6.92 Å². The summed E-state index contributed by atoms with van der Waals surface area (Å²) in [5.74, 6) is -2.30. The normalized spacial score (nSPS) is 13.6. The van der Waals surface area contributed by atoms with Gasteiger partial charge in [-0.3, -0.25) is 0 Å². The molecule has 0 saturated heterocycles. The van der Waals surface area contributed by atoms with Gasteiger partial charge in [-0.25, -0.2) is 21.9 Å². The second-order valence-corrected chi connectivity index (χ2v) is 5.41. The molecule has 0 fully saturated rings. The monoisotopic (exact) mass is 280 g/mol. The zero-order chi connectivity index (χ0) is 13.9. The van der Waals surface area contributed by atoms with Gasteiger partial charge >= 0.3 is 0 Å². The number of anilines is 1. The molecule has 0 aromatic heterocycles. The van der Waals surface area contributed by atoms with E-state index in [9.17, 15) is 17.2 Å². The van der Waals surface area contributed by atoms with Crippen molar-refractivity contribution < 1.29 is 21.9 Å². The maximum absolute atomic E-state index is 13.5. The molecule has 1 unspecified atom stereocenters. The summed E-state index contributed by atoms with van der Waals surface area (Å²) in [6.07, 6.45) is -0.374. The zero-order valence-electron chi connectivity index (χ0n) is 9.91. The van der Waals surface area contributed by atoms with Gasteiger partial charge in [0.05, 0.1) is 6.10 Å². The van der Waals surface area contributed by atoms with Crippen molar-refractivity contribution in [2.45, 2.75) is 17.9 Å². The summed E-state index contributed by atoms with van der Waals surface area (Å²) in [7, 11) is -2.67. The topological polar surface area (TPSA) is 81.4 Å². The lowest BCUT2D eigenvalue weighted by Crippen LogP contribution is -2.32. The van der Waals surface area contributed by atoms with Crippen LogP contribution in [-0.2, 0) is 14.8 Å². The molecule has 0 aliphatic rings. The van der Waals surface area contributed by atoms with Gasteiger partial charge in [-0.2, -0.15) is 0 Å². The Bertz CT molecular complexity index is 534. The molecule has 0 heterocycles. The first-order chi connectivity index (χ1) is 8.29. The van der Waals surface area contributed by atoms with Gasteiger partial charge in [-0.05, 0) is 19.1 Å². The van der Waals surface area contributed by atoms with Gasteiger partial charge in [-0.1, -0.05) is 0 Å². The van der Waals surface area contributed by atoms with E-state index < -0.39 is 32.2 Å². The molecule has 0 saturated carbocycles. The highest BCUT2D eigenvalue weighted by Gasteiger charge is 2.22. The van der Waals surface area contributed by atoms with E-state index in [0.29, 0.717) is 0 Å². The first kappa shape index (κ1) is 14.8. The summed E-state index contributed by atoms with van der Waals surface area (Å²) in [6, 6.07) is 1.62. The van der Waals surface area contributed by atoms with Crippen LogP contribution in [0.15, 0.2) is 17.0 Å². The molecule has 0 bridgehead atoms. The molecular weight excluding hydrogens is 266 g/mol. The van der Waals surface area contributed by atoms with E-state index in [-0.39, 0.29) is 12.6 Å². The number of halogens is 2.